The maximum Gasteiger partial charge on any atom is 0.412 e. The van der Waals surface area contributed by atoms with Gasteiger partial charge in [0.2, 0.25) is 5.91 Å². The number of aryl methyl sites for hydroxylation is 1. The highest BCUT2D eigenvalue weighted by molar-refractivity contribution is 5.97. The first-order valence-electron chi connectivity index (χ1n) is 8.86. The van der Waals surface area contributed by atoms with Crippen LogP contribution in [0.1, 0.15) is 39.2 Å². The largest absolute Gasteiger partial charge is 0.444 e. The fourth-order valence-corrected chi connectivity index (χ4v) is 2.45. The first kappa shape index (κ1) is 20.4. The van der Waals surface area contributed by atoms with Crippen molar-refractivity contribution in [3.8, 4) is 0 Å². The average molecular weight is 372 g/mol. The summed E-state index contributed by atoms with van der Waals surface area (Å²) >= 11 is 0. The molecule has 0 aliphatic heterocycles. The third-order valence-electron chi connectivity index (χ3n) is 3.60. The van der Waals surface area contributed by atoms with Crippen molar-refractivity contribution in [2.75, 3.05) is 10.6 Å². The van der Waals surface area contributed by atoms with Crippen molar-refractivity contribution in [3.63, 3.8) is 0 Å². The van der Waals surface area contributed by atoms with Crippen LogP contribution >= 0.6 is 0 Å². The normalized spacial score (nSPS) is 11.0. The van der Waals surface area contributed by atoms with E-state index in [9.17, 15) is 14.0 Å². The summed E-state index contributed by atoms with van der Waals surface area (Å²) in [6.45, 7) is 5.23. The molecule has 2 aromatic carbocycles. The molecule has 0 aliphatic carbocycles. The molecule has 144 valence electrons. The molecule has 5 nitrogen and oxygen atoms in total. The minimum Gasteiger partial charge on any atom is -0.444 e. The summed E-state index contributed by atoms with van der Waals surface area (Å²) in [5.41, 5.74) is 0.973. The fourth-order valence-electron chi connectivity index (χ4n) is 2.45. The quantitative estimate of drug-likeness (QED) is 0.738. The van der Waals surface area contributed by atoms with Crippen molar-refractivity contribution in [1.82, 2.24) is 0 Å². The predicted molar refractivity (Wildman–Crippen MR) is 104 cm³/mol. The second kappa shape index (κ2) is 9.16. The molecule has 0 saturated heterocycles. The van der Waals surface area contributed by atoms with E-state index in [1.807, 2.05) is 30.3 Å². The first-order valence-corrected chi connectivity index (χ1v) is 8.86. The van der Waals surface area contributed by atoms with E-state index < -0.39 is 17.5 Å². The van der Waals surface area contributed by atoms with E-state index in [0.717, 1.165) is 12.0 Å². The van der Waals surface area contributed by atoms with Crippen LogP contribution in [0.2, 0.25) is 0 Å². The van der Waals surface area contributed by atoms with Crippen molar-refractivity contribution in [3.05, 3.63) is 59.9 Å². The van der Waals surface area contributed by atoms with Gasteiger partial charge in [0.1, 0.15) is 11.4 Å². The smallest absolute Gasteiger partial charge is 0.412 e. The maximum atomic E-state index is 13.6. The minimum absolute atomic E-state index is 0.200. The predicted octanol–water partition coefficient (Wildman–Crippen LogP) is 5.13. The summed E-state index contributed by atoms with van der Waals surface area (Å²) in [5.74, 6) is -0.756. The molecule has 2 N–H and O–H groups in total. The van der Waals surface area contributed by atoms with Gasteiger partial charge in [-0.05, 0) is 57.4 Å². The highest BCUT2D eigenvalue weighted by Crippen LogP contribution is 2.24. The van der Waals surface area contributed by atoms with Crippen molar-refractivity contribution in [2.45, 2.75) is 45.6 Å². The van der Waals surface area contributed by atoms with Gasteiger partial charge in [-0.15, -0.1) is 0 Å². The summed E-state index contributed by atoms with van der Waals surface area (Å²) in [6.07, 6.45) is 1.06. The van der Waals surface area contributed by atoms with E-state index in [4.69, 9.17) is 4.74 Å². The van der Waals surface area contributed by atoms with Crippen LogP contribution in [0.15, 0.2) is 48.5 Å². The van der Waals surface area contributed by atoms with E-state index in [1.165, 1.54) is 18.2 Å². The van der Waals surface area contributed by atoms with Crippen LogP contribution in [0, 0.1) is 5.82 Å². The Kier molecular flexibility index (Phi) is 6.93. The van der Waals surface area contributed by atoms with Gasteiger partial charge in [-0.2, -0.15) is 0 Å². The van der Waals surface area contributed by atoms with Crippen molar-refractivity contribution in [1.29, 1.82) is 0 Å². The number of benzene rings is 2. The molecule has 2 amide bonds. The zero-order valence-corrected chi connectivity index (χ0v) is 15.8. The third-order valence-corrected chi connectivity index (χ3v) is 3.60. The Morgan fingerprint density at radius 3 is 2.37 bits per heavy atom. The number of amides is 2. The molecule has 0 bridgehead atoms. The highest BCUT2D eigenvalue weighted by atomic mass is 19.1. The molecule has 0 aliphatic rings. The lowest BCUT2D eigenvalue weighted by Crippen LogP contribution is -2.27. The van der Waals surface area contributed by atoms with Gasteiger partial charge in [-0.25, -0.2) is 9.18 Å². The van der Waals surface area contributed by atoms with Gasteiger partial charge in [0.05, 0.1) is 11.4 Å². The molecule has 0 atom stereocenters. The number of halogens is 1. The Labute approximate surface area is 158 Å². The zero-order valence-electron chi connectivity index (χ0n) is 15.8. The van der Waals surface area contributed by atoms with E-state index in [-0.39, 0.29) is 23.7 Å². The van der Waals surface area contributed by atoms with Crippen molar-refractivity contribution in [2.24, 2.45) is 0 Å². The van der Waals surface area contributed by atoms with Crippen LogP contribution in [0.25, 0.3) is 0 Å². The molecule has 27 heavy (non-hydrogen) atoms. The molecule has 0 aromatic heterocycles. The second-order valence-electron chi connectivity index (χ2n) is 7.20. The van der Waals surface area contributed by atoms with E-state index >= 15 is 0 Å². The SMILES string of the molecule is CC(C)(C)OC(=O)Nc1ccc(F)cc1NC(=O)CCCc1ccccc1. The van der Waals surface area contributed by atoms with Gasteiger partial charge >= 0.3 is 6.09 Å². The highest BCUT2D eigenvalue weighted by Gasteiger charge is 2.18. The van der Waals surface area contributed by atoms with Gasteiger partial charge < -0.3 is 10.1 Å². The minimum atomic E-state index is -0.673. The number of ether oxygens (including phenoxy) is 1. The second-order valence-corrected chi connectivity index (χ2v) is 7.20. The summed E-state index contributed by atoms with van der Waals surface area (Å²) in [6, 6.07) is 13.6. The number of rotatable bonds is 6. The molecular formula is C21H25FN2O3. The fraction of sp³-hybridized carbons (Fsp3) is 0.333. The zero-order chi connectivity index (χ0) is 19.9. The molecule has 0 radical (unpaired) electrons. The number of nitrogens with one attached hydrogen (secondary N) is 2. The molecule has 0 spiro atoms. The topological polar surface area (TPSA) is 67.4 Å². The first-order chi connectivity index (χ1) is 12.7. The Balaban J connectivity index is 1.95. The molecule has 0 unspecified atom stereocenters. The van der Waals surface area contributed by atoms with Gasteiger partial charge in [-0.1, -0.05) is 30.3 Å². The number of carbonyl (C=O) groups is 2. The van der Waals surface area contributed by atoms with Gasteiger partial charge in [-0.3, -0.25) is 10.1 Å². The van der Waals surface area contributed by atoms with Crippen molar-refractivity contribution >= 4 is 23.4 Å². The molecular weight excluding hydrogens is 347 g/mol. The Morgan fingerprint density at radius 2 is 1.70 bits per heavy atom. The summed E-state index contributed by atoms with van der Waals surface area (Å²) in [7, 11) is 0. The Hall–Kier alpha value is -2.89. The third kappa shape index (κ3) is 7.48. The monoisotopic (exact) mass is 372 g/mol. The van der Waals surface area contributed by atoms with Gasteiger partial charge in [0.25, 0.3) is 0 Å². The van der Waals surface area contributed by atoms with E-state index in [2.05, 4.69) is 10.6 Å². The number of hydrogen-bond acceptors (Lipinski definition) is 3. The number of anilines is 2. The average Bonchev–Trinajstić information content (AvgIpc) is 2.56. The van der Waals surface area contributed by atoms with Crippen molar-refractivity contribution < 1.29 is 18.7 Å². The summed E-state index contributed by atoms with van der Waals surface area (Å²) in [5, 5.41) is 5.20. The molecule has 0 fully saturated rings. The lowest BCUT2D eigenvalue weighted by molar-refractivity contribution is -0.116. The van der Waals surface area contributed by atoms with Gasteiger partial charge in [0, 0.05) is 6.42 Å². The number of hydrogen-bond donors (Lipinski definition) is 2. The van der Waals surface area contributed by atoms with Crippen LogP contribution in [0.3, 0.4) is 0 Å². The van der Waals surface area contributed by atoms with Gasteiger partial charge in [0.15, 0.2) is 0 Å². The van der Waals surface area contributed by atoms with Crippen LogP contribution in [0.4, 0.5) is 20.6 Å². The molecule has 2 aromatic rings. The standard InChI is InChI=1S/C21H25FN2O3/c1-21(2,3)27-20(26)24-17-13-12-16(22)14-18(17)23-19(25)11-7-10-15-8-5-4-6-9-15/h4-6,8-9,12-14H,7,10-11H2,1-3H3,(H,23,25)(H,24,26). The van der Waals surface area contributed by atoms with Crippen LogP contribution in [-0.4, -0.2) is 17.6 Å². The summed E-state index contributed by atoms with van der Waals surface area (Å²) < 4.78 is 18.8. The van der Waals surface area contributed by atoms with E-state index in [1.54, 1.807) is 20.8 Å². The molecule has 0 heterocycles. The summed E-state index contributed by atoms with van der Waals surface area (Å²) in [4.78, 5) is 24.1. The molecule has 2 rings (SSSR count). The molecule has 0 saturated carbocycles. The Bertz CT molecular complexity index is 786. The van der Waals surface area contributed by atoms with Crippen LogP contribution in [0.5, 0.6) is 0 Å². The lowest BCUT2D eigenvalue weighted by Gasteiger charge is -2.20. The van der Waals surface area contributed by atoms with Crippen LogP contribution < -0.4 is 10.6 Å². The maximum absolute atomic E-state index is 13.6. The molecule has 6 heteroatoms. The Morgan fingerprint density at radius 1 is 1.00 bits per heavy atom. The van der Waals surface area contributed by atoms with E-state index in [0.29, 0.717) is 6.42 Å². The van der Waals surface area contributed by atoms with Crippen LogP contribution in [-0.2, 0) is 16.0 Å². The lowest BCUT2D eigenvalue weighted by atomic mass is 10.1. The number of carbonyl (C=O) groups excluding carboxylic acids is 2.